The molecular weight excluding hydrogens is 240 g/mol. The van der Waals surface area contributed by atoms with Gasteiger partial charge in [-0.3, -0.25) is 4.90 Å². The van der Waals surface area contributed by atoms with Crippen molar-refractivity contribution in [2.75, 3.05) is 26.7 Å². The zero-order valence-corrected chi connectivity index (χ0v) is 12.5. The molecule has 2 atom stereocenters. The Hall–Kier alpha value is -0.380. The quantitative estimate of drug-likeness (QED) is 0.847. The fourth-order valence-electron chi connectivity index (χ4n) is 2.74. The average molecular weight is 266 g/mol. The molecule has 1 fully saturated rings. The molecule has 0 spiro atoms. The Kier molecular flexibility index (Phi) is 5.67. The van der Waals surface area contributed by atoms with E-state index in [1.165, 1.54) is 50.2 Å². The third-order valence-electron chi connectivity index (χ3n) is 4.14. The van der Waals surface area contributed by atoms with Crippen LogP contribution in [-0.4, -0.2) is 31.6 Å². The maximum Gasteiger partial charge on any atom is 0.0410 e. The van der Waals surface area contributed by atoms with Gasteiger partial charge in [0.2, 0.25) is 0 Å². The second-order valence-corrected chi connectivity index (χ2v) is 6.51. The number of nitrogens with zero attached hydrogens (tertiary/aromatic N) is 1. The molecule has 1 aliphatic rings. The molecule has 1 saturated heterocycles. The minimum Gasteiger partial charge on any atom is -0.316 e. The molecule has 0 radical (unpaired) electrons. The number of hydrogen-bond acceptors (Lipinski definition) is 3. The second kappa shape index (κ2) is 7.27. The van der Waals surface area contributed by atoms with Gasteiger partial charge in [0.1, 0.15) is 0 Å². The zero-order chi connectivity index (χ0) is 12.8. The van der Waals surface area contributed by atoms with Crippen molar-refractivity contribution in [3.05, 3.63) is 22.4 Å². The van der Waals surface area contributed by atoms with Gasteiger partial charge in [-0.1, -0.05) is 6.07 Å². The highest BCUT2D eigenvalue weighted by Crippen LogP contribution is 2.24. The van der Waals surface area contributed by atoms with Gasteiger partial charge in [0.05, 0.1) is 0 Å². The number of piperidine rings is 1. The molecule has 0 aliphatic carbocycles. The van der Waals surface area contributed by atoms with E-state index in [9.17, 15) is 0 Å². The van der Waals surface area contributed by atoms with Crippen molar-refractivity contribution in [2.45, 2.75) is 38.6 Å². The Labute approximate surface area is 115 Å². The van der Waals surface area contributed by atoms with E-state index in [-0.39, 0.29) is 0 Å². The van der Waals surface area contributed by atoms with E-state index in [1.54, 1.807) is 0 Å². The molecule has 1 N–H and O–H groups in total. The zero-order valence-electron chi connectivity index (χ0n) is 11.7. The van der Waals surface area contributed by atoms with Crippen molar-refractivity contribution in [2.24, 2.45) is 5.92 Å². The normalized spacial score (nSPS) is 22.3. The van der Waals surface area contributed by atoms with Gasteiger partial charge in [0.15, 0.2) is 0 Å². The molecule has 2 heterocycles. The lowest BCUT2D eigenvalue weighted by Gasteiger charge is -2.26. The lowest BCUT2D eigenvalue weighted by Crippen LogP contribution is -2.30. The summed E-state index contributed by atoms with van der Waals surface area (Å²) in [7, 11) is 2.25. The van der Waals surface area contributed by atoms with Crippen molar-refractivity contribution < 1.29 is 0 Å². The van der Waals surface area contributed by atoms with Crippen LogP contribution in [0.3, 0.4) is 0 Å². The first-order valence-electron chi connectivity index (χ1n) is 7.21. The Bertz CT molecular complexity index is 317. The van der Waals surface area contributed by atoms with Crippen LogP contribution >= 0.6 is 11.3 Å². The van der Waals surface area contributed by atoms with E-state index < -0.39 is 0 Å². The Morgan fingerprint density at radius 2 is 2.44 bits per heavy atom. The first-order valence-corrected chi connectivity index (χ1v) is 8.09. The smallest absolute Gasteiger partial charge is 0.0410 e. The SMILES string of the molecule is CC(c1cccs1)N(C)CCCC1CCCNC1. The fourth-order valence-corrected chi connectivity index (χ4v) is 3.59. The van der Waals surface area contributed by atoms with E-state index >= 15 is 0 Å². The summed E-state index contributed by atoms with van der Waals surface area (Å²) in [6.45, 7) is 6.00. The van der Waals surface area contributed by atoms with Crippen LogP contribution in [-0.2, 0) is 0 Å². The Balaban J connectivity index is 1.66. The highest BCUT2D eigenvalue weighted by Gasteiger charge is 2.15. The van der Waals surface area contributed by atoms with E-state index in [0.717, 1.165) is 5.92 Å². The van der Waals surface area contributed by atoms with Gasteiger partial charge in [-0.05, 0) is 76.7 Å². The molecule has 0 aromatic carbocycles. The molecule has 18 heavy (non-hydrogen) atoms. The molecule has 2 unspecified atom stereocenters. The highest BCUT2D eigenvalue weighted by atomic mass is 32.1. The lowest BCUT2D eigenvalue weighted by atomic mass is 9.94. The van der Waals surface area contributed by atoms with Crippen LogP contribution in [0.4, 0.5) is 0 Å². The molecule has 0 amide bonds. The standard InChI is InChI=1S/C15H26N2S/c1-13(15-8-5-11-18-15)17(2)10-4-7-14-6-3-9-16-12-14/h5,8,11,13-14,16H,3-4,6-7,9-10,12H2,1-2H3. The number of nitrogens with one attached hydrogen (secondary N) is 1. The van der Waals surface area contributed by atoms with Crippen LogP contribution in [0.1, 0.15) is 43.5 Å². The van der Waals surface area contributed by atoms with E-state index in [4.69, 9.17) is 0 Å². The average Bonchev–Trinajstić information content (AvgIpc) is 2.93. The monoisotopic (exact) mass is 266 g/mol. The minimum absolute atomic E-state index is 0.564. The highest BCUT2D eigenvalue weighted by molar-refractivity contribution is 7.10. The molecule has 0 saturated carbocycles. The van der Waals surface area contributed by atoms with Gasteiger partial charge in [-0.25, -0.2) is 0 Å². The maximum atomic E-state index is 3.51. The summed E-state index contributed by atoms with van der Waals surface area (Å²) >= 11 is 1.87. The Morgan fingerprint density at radius 1 is 1.56 bits per heavy atom. The maximum absolute atomic E-state index is 3.51. The molecule has 0 bridgehead atoms. The van der Waals surface area contributed by atoms with E-state index in [2.05, 4.69) is 41.7 Å². The molecule has 2 rings (SSSR count). The van der Waals surface area contributed by atoms with Crippen LogP contribution in [0.15, 0.2) is 17.5 Å². The first-order chi connectivity index (χ1) is 8.77. The fraction of sp³-hybridized carbons (Fsp3) is 0.733. The van der Waals surface area contributed by atoms with Gasteiger partial charge in [-0.15, -0.1) is 11.3 Å². The minimum atomic E-state index is 0.564. The molecular formula is C15H26N2S. The number of hydrogen-bond donors (Lipinski definition) is 1. The van der Waals surface area contributed by atoms with Gasteiger partial charge < -0.3 is 5.32 Å². The van der Waals surface area contributed by atoms with Crippen LogP contribution in [0, 0.1) is 5.92 Å². The molecule has 3 heteroatoms. The third-order valence-corrected chi connectivity index (χ3v) is 5.18. The summed E-state index contributed by atoms with van der Waals surface area (Å²) in [5.74, 6) is 0.921. The molecule has 2 nitrogen and oxygen atoms in total. The van der Waals surface area contributed by atoms with Crippen LogP contribution in [0.2, 0.25) is 0 Å². The predicted octanol–water partition coefficient (Wildman–Crippen LogP) is 3.52. The lowest BCUT2D eigenvalue weighted by molar-refractivity contribution is 0.245. The summed E-state index contributed by atoms with van der Waals surface area (Å²) < 4.78 is 0. The molecule has 102 valence electrons. The third kappa shape index (κ3) is 4.08. The summed E-state index contributed by atoms with van der Waals surface area (Å²) in [6, 6.07) is 4.96. The molecule has 1 aromatic rings. The summed E-state index contributed by atoms with van der Waals surface area (Å²) in [5, 5.41) is 5.68. The second-order valence-electron chi connectivity index (χ2n) is 5.53. The van der Waals surface area contributed by atoms with Crippen LogP contribution in [0.25, 0.3) is 0 Å². The van der Waals surface area contributed by atoms with Gasteiger partial charge in [-0.2, -0.15) is 0 Å². The number of thiophene rings is 1. The van der Waals surface area contributed by atoms with Crippen molar-refractivity contribution in [1.29, 1.82) is 0 Å². The van der Waals surface area contributed by atoms with Crippen LogP contribution < -0.4 is 5.32 Å². The molecule has 1 aromatic heterocycles. The van der Waals surface area contributed by atoms with Crippen molar-refractivity contribution in [3.8, 4) is 0 Å². The van der Waals surface area contributed by atoms with Crippen molar-refractivity contribution in [3.63, 3.8) is 0 Å². The largest absolute Gasteiger partial charge is 0.316 e. The van der Waals surface area contributed by atoms with Gasteiger partial charge >= 0.3 is 0 Å². The van der Waals surface area contributed by atoms with Gasteiger partial charge in [0, 0.05) is 10.9 Å². The summed E-state index contributed by atoms with van der Waals surface area (Å²) in [4.78, 5) is 3.97. The first kappa shape index (κ1) is 14.0. The predicted molar refractivity (Wildman–Crippen MR) is 80.2 cm³/mol. The van der Waals surface area contributed by atoms with Gasteiger partial charge in [0.25, 0.3) is 0 Å². The Morgan fingerprint density at radius 3 is 3.11 bits per heavy atom. The number of rotatable bonds is 6. The topological polar surface area (TPSA) is 15.3 Å². The van der Waals surface area contributed by atoms with E-state index in [0.29, 0.717) is 6.04 Å². The van der Waals surface area contributed by atoms with Crippen molar-refractivity contribution >= 4 is 11.3 Å². The van der Waals surface area contributed by atoms with Crippen LogP contribution in [0.5, 0.6) is 0 Å². The summed E-state index contributed by atoms with van der Waals surface area (Å²) in [6.07, 6.45) is 5.51. The van der Waals surface area contributed by atoms with E-state index in [1.807, 2.05) is 11.3 Å². The molecule has 1 aliphatic heterocycles. The summed E-state index contributed by atoms with van der Waals surface area (Å²) in [5.41, 5.74) is 0. The van der Waals surface area contributed by atoms with Crippen molar-refractivity contribution in [1.82, 2.24) is 10.2 Å².